The number of rotatable bonds is 4. The zero-order valence-electron chi connectivity index (χ0n) is 11.4. The number of aliphatic hydroxyl groups is 1. The molecule has 1 aliphatic carbocycles. The molecule has 1 fully saturated rings. The van der Waals surface area contributed by atoms with Gasteiger partial charge in [-0.25, -0.2) is 4.98 Å². The number of pyridine rings is 1. The van der Waals surface area contributed by atoms with E-state index in [0.717, 1.165) is 5.56 Å². The van der Waals surface area contributed by atoms with Gasteiger partial charge >= 0.3 is 0 Å². The van der Waals surface area contributed by atoms with Crippen molar-refractivity contribution in [2.75, 3.05) is 17.3 Å². The number of fused-ring (bicyclic) bond motifs is 1. The molecule has 0 bridgehead atoms. The molecule has 2 heterocycles. The van der Waals surface area contributed by atoms with E-state index in [-0.39, 0.29) is 11.9 Å². The highest BCUT2D eigenvalue weighted by Crippen LogP contribution is 2.41. The van der Waals surface area contributed by atoms with Crippen LogP contribution in [0.5, 0.6) is 5.75 Å². The van der Waals surface area contributed by atoms with E-state index in [1.165, 1.54) is 0 Å². The number of hydrogen-bond acceptors (Lipinski definition) is 5. The van der Waals surface area contributed by atoms with Gasteiger partial charge in [-0.15, -0.1) is 0 Å². The summed E-state index contributed by atoms with van der Waals surface area (Å²) < 4.78 is 5.48. The molecule has 0 unspecified atom stereocenters. The maximum absolute atomic E-state index is 12.2. The maximum atomic E-state index is 12.2. The van der Waals surface area contributed by atoms with Crippen LogP contribution in [0.15, 0.2) is 12.3 Å². The number of aromatic nitrogens is 1. The highest BCUT2D eigenvalue weighted by atomic mass is 32.1. The fraction of sp³-hybridized carbons (Fsp3) is 0.571. The highest BCUT2D eigenvalue weighted by Gasteiger charge is 2.46. The first-order chi connectivity index (χ1) is 9.50. The van der Waals surface area contributed by atoms with Crippen molar-refractivity contribution >= 4 is 24.4 Å². The summed E-state index contributed by atoms with van der Waals surface area (Å²) in [6.45, 7) is 2.32. The molecular weight excluding hydrogens is 276 g/mol. The van der Waals surface area contributed by atoms with Gasteiger partial charge in [0.25, 0.3) is 0 Å². The van der Waals surface area contributed by atoms with Crippen LogP contribution in [0, 0.1) is 0 Å². The lowest BCUT2D eigenvalue weighted by molar-refractivity contribution is -0.119. The van der Waals surface area contributed by atoms with E-state index in [1.54, 1.807) is 18.0 Å². The second kappa shape index (κ2) is 4.93. The van der Waals surface area contributed by atoms with Gasteiger partial charge in [-0.2, -0.15) is 12.6 Å². The third-order valence-electron chi connectivity index (χ3n) is 3.83. The van der Waals surface area contributed by atoms with Gasteiger partial charge in [0, 0.05) is 17.4 Å². The Kier molecular flexibility index (Phi) is 3.38. The lowest BCUT2D eigenvalue weighted by Crippen LogP contribution is -2.55. The number of nitrogens with zero attached hydrogens (tertiary/aromatic N) is 2. The second-order valence-corrected chi connectivity index (χ2v) is 6.17. The minimum atomic E-state index is -0.649. The molecule has 1 N–H and O–H groups in total. The summed E-state index contributed by atoms with van der Waals surface area (Å²) in [6.07, 6.45) is 3.22. The van der Waals surface area contributed by atoms with Crippen molar-refractivity contribution in [2.45, 2.75) is 37.8 Å². The number of ether oxygens (including phenoxy) is 1. The minimum absolute atomic E-state index is 0.0549. The zero-order chi connectivity index (χ0) is 14.3. The molecule has 0 aromatic carbocycles. The summed E-state index contributed by atoms with van der Waals surface area (Å²) in [6, 6.07) is 1.94. The summed E-state index contributed by atoms with van der Waals surface area (Å²) in [5.41, 5.74) is 0.252. The van der Waals surface area contributed by atoms with Gasteiger partial charge in [0.1, 0.15) is 11.6 Å². The molecule has 1 amide bonds. The summed E-state index contributed by atoms with van der Waals surface area (Å²) in [7, 11) is 0. The van der Waals surface area contributed by atoms with Crippen LogP contribution < -0.4 is 9.64 Å². The molecule has 108 valence electrons. The average molecular weight is 294 g/mol. The van der Waals surface area contributed by atoms with Gasteiger partial charge in [0.15, 0.2) is 0 Å². The topological polar surface area (TPSA) is 62.7 Å². The molecule has 1 aromatic heterocycles. The van der Waals surface area contributed by atoms with Crippen LogP contribution in [0.4, 0.5) is 5.82 Å². The van der Waals surface area contributed by atoms with Gasteiger partial charge in [-0.1, -0.05) is 0 Å². The first kappa shape index (κ1) is 13.7. The van der Waals surface area contributed by atoms with Crippen molar-refractivity contribution in [2.24, 2.45) is 0 Å². The quantitative estimate of drug-likeness (QED) is 0.819. The number of carbonyl (C=O) groups is 1. The molecule has 6 heteroatoms. The molecule has 3 rings (SSSR count). The molecule has 20 heavy (non-hydrogen) atoms. The van der Waals surface area contributed by atoms with E-state index >= 15 is 0 Å². The van der Waals surface area contributed by atoms with Crippen molar-refractivity contribution in [1.82, 2.24) is 4.98 Å². The second-order valence-electron chi connectivity index (χ2n) is 5.73. The van der Waals surface area contributed by atoms with Gasteiger partial charge in [0.2, 0.25) is 5.91 Å². The Morgan fingerprint density at radius 1 is 1.60 bits per heavy atom. The third kappa shape index (κ3) is 2.38. The van der Waals surface area contributed by atoms with Crippen molar-refractivity contribution in [3.8, 4) is 5.75 Å². The number of amides is 1. The fourth-order valence-electron chi connectivity index (χ4n) is 2.95. The van der Waals surface area contributed by atoms with Gasteiger partial charge < -0.3 is 9.84 Å². The van der Waals surface area contributed by atoms with Gasteiger partial charge in [-0.05, 0) is 25.8 Å². The largest absolute Gasteiger partial charge is 0.491 e. The Balaban J connectivity index is 1.79. The van der Waals surface area contributed by atoms with Gasteiger partial charge in [0.05, 0.1) is 24.8 Å². The standard InChI is InChI=1S/C14H18N2O3S/c1-14(18)6-10(7-14)16-12(17)5-9-4-11(19-2-3-20)8-15-13(9)16/h4,8,10,18,20H,2-3,5-7H2,1H3/t10-,14+. The molecule has 2 aliphatic rings. The summed E-state index contributed by atoms with van der Waals surface area (Å²) in [5.74, 6) is 2.08. The molecule has 0 spiro atoms. The lowest BCUT2D eigenvalue weighted by Gasteiger charge is -2.45. The normalized spacial score (nSPS) is 28.2. The Labute approximate surface area is 123 Å². The zero-order valence-corrected chi connectivity index (χ0v) is 12.3. The third-order valence-corrected chi connectivity index (χ3v) is 4.01. The Morgan fingerprint density at radius 3 is 3.00 bits per heavy atom. The first-order valence-electron chi connectivity index (χ1n) is 6.77. The number of hydrogen-bond donors (Lipinski definition) is 2. The Morgan fingerprint density at radius 2 is 2.35 bits per heavy atom. The van der Waals surface area contributed by atoms with Crippen LogP contribution in [0.2, 0.25) is 0 Å². The van der Waals surface area contributed by atoms with E-state index in [4.69, 9.17) is 4.74 Å². The highest BCUT2D eigenvalue weighted by molar-refractivity contribution is 7.80. The lowest BCUT2D eigenvalue weighted by atomic mass is 9.76. The predicted octanol–water partition coefficient (Wildman–Crippen LogP) is 1.19. The van der Waals surface area contributed by atoms with Gasteiger partial charge in [-0.3, -0.25) is 9.69 Å². The SMILES string of the molecule is C[C@]1(O)C[C@@H](N2C(=O)Cc3cc(OCCS)cnc32)C1. The van der Waals surface area contributed by atoms with Crippen LogP contribution in [0.25, 0.3) is 0 Å². The van der Waals surface area contributed by atoms with E-state index in [1.807, 2.05) is 6.07 Å². The Bertz CT molecular complexity index is 539. The molecule has 1 aliphatic heterocycles. The van der Waals surface area contributed by atoms with Crippen LogP contribution in [0.1, 0.15) is 25.3 Å². The number of thiol groups is 1. The van der Waals surface area contributed by atoms with Crippen LogP contribution >= 0.6 is 12.6 Å². The summed E-state index contributed by atoms with van der Waals surface area (Å²) in [5, 5.41) is 9.83. The first-order valence-corrected chi connectivity index (χ1v) is 7.40. The molecule has 5 nitrogen and oxygen atoms in total. The van der Waals surface area contributed by atoms with Crippen molar-refractivity contribution in [1.29, 1.82) is 0 Å². The Hall–Kier alpha value is -1.27. The minimum Gasteiger partial charge on any atom is -0.491 e. The van der Waals surface area contributed by atoms with E-state index in [2.05, 4.69) is 17.6 Å². The smallest absolute Gasteiger partial charge is 0.232 e. The fourth-order valence-corrected chi connectivity index (χ4v) is 3.04. The van der Waals surface area contributed by atoms with E-state index < -0.39 is 5.60 Å². The molecule has 1 saturated carbocycles. The molecule has 1 aromatic rings. The predicted molar refractivity (Wildman–Crippen MR) is 78.4 cm³/mol. The maximum Gasteiger partial charge on any atom is 0.232 e. The van der Waals surface area contributed by atoms with E-state index in [9.17, 15) is 9.90 Å². The summed E-state index contributed by atoms with van der Waals surface area (Å²) in [4.78, 5) is 18.3. The molecule has 0 atom stereocenters. The number of anilines is 1. The summed E-state index contributed by atoms with van der Waals surface area (Å²) >= 11 is 4.09. The van der Waals surface area contributed by atoms with Crippen LogP contribution in [0.3, 0.4) is 0 Å². The van der Waals surface area contributed by atoms with Crippen molar-refractivity contribution in [3.63, 3.8) is 0 Å². The molecule has 0 radical (unpaired) electrons. The monoisotopic (exact) mass is 294 g/mol. The van der Waals surface area contributed by atoms with E-state index in [0.29, 0.717) is 43.2 Å². The average Bonchev–Trinajstić information content (AvgIpc) is 2.68. The van der Waals surface area contributed by atoms with Crippen LogP contribution in [-0.4, -0.2) is 40.0 Å². The molecule has 0 saturated heterocycles. The van der Waals surface area contributed by atoms with Crippen molar-refractivity contribution < 1.29 is 14.6 Å². The molecular formula is C14H18N2O3S. The van der Waals surface area contributed by atoms with Crippen LogP contribution in [-0.2, 0) is 11.2 Å². The number of carbonyl (C=O) groups excluding carboxylic acids is 1. The van der Waals surface area contributed by atoms with Crippen molar-refractivity contribution in [3.05, 3.63) is 17.8 Å².